The van der Waals surface area contributed by atoms with Crippen LogP contribution in [0.15, 0.2) is 60.7 Å². The van der Waals surface area contributed by atoms with E-state index in [9.17, 15) is 0 Å². The molecule has 112 valence electrons. The lowest BCUT2D eigenvalue weighted by Crippen LogP contribution is -2.10. The highest BCUT2D eigenvalue weighted by Crippen LogP contribution is 2.39. The van der Waals surface area contributed by atoms with Crippen molar-refractivity contribution < 1.29 is 0 Å². The van der Waals surface area contributed by atoms with Crippen LogP contribution in [-0.2, 0) is 5.41 Å². The van der Waals surface area contributed by atoms with Crippen molar-refractivity contribution in [3.8, 4) is 0 Å². The molecule has 0 amide bonds. The van der Waals surface area contributed by atoms with E-state index in [1.807, 2.05) is 0 Å². The van der Waals surface area contributed by atoms with Gasteiger partial charge in [0.1, 0.15) is 0 Å². The van der Waals surface area contributed by atoms with Crippen LogP contribution in [0.3, 0.4) is 0 Å². The van der Waals surface area contributed by atoms with Gasteiger partial charge in [-0.05, 0) is 23.1 Å². The van der Waals surface area contributed by atoms with E-state index in [1.165, 1.54) is 43.7 Å². The van der Waals surface area contributed by atoms with Crippen LogP contribution in [0.2, 0.25) is 0 Å². The summed E-state index contributed by atoms with van der Waals surface area (Å²) in [4.78, 5) is 0. The Morgan fingerprint density at radius 2 is 1.30 bits per heavy atom. The van der Waals surface area contributed by atoms with Gasteiger partial charge in [-0.3, -0.25) is 0 Å². The summed E-state index contributed by atoms with van der Waals surface area (Å²) in [7, 11) is 0. The second-order valence-corrected chi connectivity index (χ2v) is 7.54. The zero-order valence-electron chi connectivity index (χ0n) is 13.7. The van der Waals surface area contributed by atoms with Crippen LogP contribution >= 0.6 is 0 Å². The van der Waals surface area contributed by atoms with E-state index in [1.54, 1.807) is 0 Å². The Morgan fingerprint density at radius 3 is 2.04 bits per heavy atom. The second-order valence-electron chi connectivity index (χ2n) is 7.54. The van der Waals surface area contributed by atoms with Gasteiger partial charge in [0.25, 0.3) is 0 Å². The molecule has 2 aromatic heterocycles. The highest BCUT2D eigenvalue weighted by molar-refractivity contribution is 6.23. The van der Waals surface area contributed by atoms with E-state index >= 15 is 0 Å². The monoisotopic (exact) mass is 297 g/mol. The Bertz CT molecular complexity index is 1190. The Balaban J connectivity index is 2.11. The number of para-hydroxylation sites is 2. The van der Waals surface area contributed by atoms with Crippen molar-refractivity contribution in [3.63, 3.8) is 0 Å². The van der Waals surface area contributed by atoms with Gasteiger partial charge in [-0.2, -0.15) is 0 Å². The third-order valence-electron chi connectivity index (χ3n) is 5.09. The van der Waals surface area contributed by atoms with Gasteiger partial charge >= 0.3 is 0 Å². The molecule has 0 aliphatic rings. The number of nitrogens with zero attached hydrogens (tertiary/aromatic N) is 1. The molecule has 0 bridgehead atoms. The van der Waals surface area contributed by atoms with E-state index in [0.717, 1.165) is 0 Å². The molecule has 2 heterocycles. The molecule has 0 aliphatic heterocycles. The molecule has 0 unspecified atom stereocenters. The molecule has 1 nitrogen and oxygen atoms in total. The number of hydrogen-bond acceptors (Lipinski definition) is 0. The zero-order valence-corrected chi connectivity index (χ0v) is 13.7. The quantitative estimate of drug-likeness (QED) is 0.323. The van der Waals surface area contributed by atoms with Gasteiger partial charge in [0.05, 0.1) is 16.6 Å². The maximum absolute atomic E-state index is 2.45. The smallest absolute Gasteiger partial charge is 0.0620 e. The van der Waals surface area contributed by atoms with Gasteiger partial charge in [-0.1, -0.05) is 69.3 Å². The Hall–Kier alpha value is -2.54. The highest BCUT2D eigenvalue weighted by Gasteiger charge is 2.19. The van der Waals surface area contributed by atoms with Crippen molar-refractivity contribution in [2.24, 2.45) is 0 Å². The fourth-order valence-electron chi connectivity index (χ4n) is 3.90. The van der Waals surface area contributed by atoms with Crippen molar-refractivity contribution in [3.05, 3.63) is 66.2 Å². The molecule has 5 rings (SSSR count). The summed E-state index contributed by atoms with van der Waals surface area (Å²) in [5.74, 6) is 0. The molecular formula is C22H19N. The molecule has 0 fully saturated rings. The highest BCUT2D eigenvalue weighted by atomic mass is 14.9. The van der Waals surface area contributed by atoms with Crippen molar-refractivity contribution in [2.45, 2.75) is 26.2 Å². The van der Waals surface area contributed by atoms with Crippen molar-refractivity contribution in [1.29, 1.82) is 0 Å². The first-order valence-corrected chi connectivity index (χ1v) is 8.23. The second kappa shape index (κ2) is 4.05. The molecule has 0 spiro atoms. The number of hydrogen-bond donors (Lipinski definition) is 0. The largest absolute Gasteiger partial charge is 0.308 e. The Kier molecular flexibility index (Phi) is 2.28. The number of aromatic nitrogens is 1. The third-order valence-corrected chi connectivity index (χ3v) is 5.09. The zero-order chi connectivity index (χ0) is 15.8. The predicted molar refractivity (Wildman–Crippen MR) is 99.8 cm³/mol. The standard InChI is InChI=1S/C22H19N/c1-22(2,3)14-11-12-16-18-9-6-8-17-15-7-4-5-10-19(15)23(21(17)18)20(16)13-14/h4-13H,1-3H3. The molecule has 23 heavy (non-hydrogen) atoms. The average molecular weight is 297 g/mol. The van der Waals surface area contributed by atoms with Gasteiger partial charge in [-0.15, -0.1) is 0 Å². The number of rotatable bonds is 0. The van der Waals surface area contributed by atoms with Gasteiger partial charge in [0, 0.05) is 21.5 Å². The van der Waals surface area contributed by atoms with Gasteiger partial charge in [0.2, 0.25) is 0 Å². The van der Waals surface area contributed by atoms with Crippen LogP contribution in [0, 0.1) is 0 Å². The molecule has 0 saturated carbocycles. The minimum Gasteiger partial charge on any atom is -0.308 e. The summed E-state index contributed by atoms with van der Waals surface area (Å²) in [6.07, 6.45) is 0. The molecule has 0 saturated heterocycles. The van der Waals surface area contributed by atoms with Crippen molar-refractivity contribution in [1.82, 2.24) is 4.40 Å². The minimum absolute atomic E-state index is 0.159. The first-order valence-electron chi connectivity index (χ1n) is 8.23. The molecular weight excluding hydrogens is 278 g/mol. The van der Waals surface area contributed by atoms with Crippen LogP contribution < -0.4 is 0 Å². The van der Waals surface area contributed by atoms with Crippen LogP contribution in [0.25, 0.3) is 38.1 Å². The lowest BCUT2D eigenvalue weighted by molar-refractivity contribution is 0.591. The van der Waals surface area contributed by atoms with Crippen LogP contribution in [-0.4, -0.2) is 4.40 Å². The van der Waals surface area contributed by atoms with Gasteiger partial charge in [0.15, 0.2) is 0 Å². The van der Waals surface area contributed by atoms with Gasteiger partial charge < -0.3 is 4.40 Å². The van der Waals surface area contributed by atoms with E-state index in [-0.39, 0.29) is 5.41 Å². The summed E-state index contributed by atoms with van der Waals surface area (Å²) in [5, 5.41) is 5.40. The topological polar surface area (TPSA) is 4.41 Å². The molecule has 0 aliphatic carbocycles. The lowest BCUT2D eigenvalue weighted by Gasteiger charge is -2.19. The fourth-order valence-corrected chi connectivity index (χ4v) is 3.90. The normalized spacial score (nSPS) is 13.0. The van der Waals surface area contributed by atoms with E-state index in [0.29, 0.717) is 0 Å². The van der Waals surface area contributed by atoms with Crippen LogP contribution in [0.5, 0.6) is 0 Å². The summed E-state index contributed by atoms with van der Waals surface area (Å²) in [6.45, 7) is 6.83. The van der Waals surface area contributed by atoms with Crippen molar-refractivity contribution in [2.75, 3.05) is 0 Å². The molecule has 0 radical (unpaired) electrons. The summed E-state index contributed by atoms with van der Waals surface area (Å²) >= 11 is 0. The van der Waals surface area contributed by atoms with E-state index in [2.05, 4.69) is 85.8 Å². The van der Waals surface area contributed by atoms with Crippen LogP contribution in [0.4, 0.5) is 0 Å². The summed E-state index contributed by atoms with van der Waals surface area (Å²) in [5.41, 5.74) is 5.53. The van der Waals surface area contributed by atoms with Crippen molar-refractivity contribution >= 4 is 38.1 Å². The van der Waals surface area contributed by atoms with E-state index in [4.69, 9.17) is 0 Å². The van der Waals surface area contributed by atoms with Gasteiger partial charge in [-0.25, -0.2) is 0 Å². The Morgan fingerprint density at radius 1 is 0.652 bits per heavy atom. The molecule has 0 N–H and O–H groups in total. The average Bonchev–Trinajstić information content (AvgIpc) is 3.05. The van der Waals surface area contributed by atoms with Crippen LogP contribution in [0.1, 0.15) is 26.3 Å². The molecule has 3 aromatic carbocycles. The minimum atomic E-state index is 0.159. The summed E-state index contributed by atoms with van der Waals surface area (Å²) < 4.78 is 2.45. The Labute approximate surface area is 135 Å². The number of benzene rings is 3. The molecule has 5 aromatic rings. The summed E-state index contributed by atoms with van der Waals surface area (Å²) in [6, 6.07) is 22.4. The predicted octanol–water partition coefficient (Wildman–Crippen LogP) is 6.13. The lowest BCUT2D eigenvalue weighted by atomic mass is 9.86. The van der Waals surface area contributed by atoms with E-state index < -0.39 is 0 Å². The molecule has 1 heteroatoms. The fraction of sp³-hybridized carbons (Fsp3) is 0.182. The maximum Gasteiger partial charge on any atom is 0.0620 e. The first-order chi connectivity index (χ1) is 11.1. The first kappa shape index (κ1) is 13.0. The maximum atomic E-state index is 2.45. The SMILES string of the molecule is CC(C)(C)c1ccc2c3cccc4c5ccccc5n(c2c1)c43. The number of fused-ring (bicyclic) bond motifs is 6. The molecule has 0 atom stereocenters. The third kappa shape index (κ3) is 1.57.